The number of fused-ring (bicyclic) bond motifs is 1. The van der Waals surface area contributed by atoms with Crippen LogP contribution in [0, 0.1) is 0 Å². The summed E-state index contributed by atoms with van der Waals surface area (Å²) in [6, 6.07) is 9.86. The molecule has 1 amide bonds. The third-order valence-electron chi connectivity index (χ3n) is 4.12. The molecule has 1 N–H and O–H groups in total. The van der Waals surface area contributed by atoms with E-state index < -0.39 is 17.6 Å². The maximum atomic E-state index is 13.0. The summed E-state index contributed by atoms with van der Waals surface area (Å²) in [5.74, 6) is 0.204. The largest absolute Gasteiger partial charge is 0.467 e. The number of nitrogens with zero attached hydrogens (tertiary/aromatic N) is 3. The Kier molecular flexibility index (Phi) is 4.34. The summed E-state index contributed by atoms with van der Waals surface area (Å²) in [5, 5.41) is 2.64. The quantitative estimate of drug-likeness (QED) is 0.566. The molecule has 28 heavy (non-hydrogen) atoms. The molecule has 4 aromatic rings. The zero-order chi connectivity index (χ0) is 19.7. The second-order valence-corrected chi connectivity index (χ2v) is 6.00. The molecular formula is C19H13F3N4O2. The lowest BCUT2D eigenvalue weighted by molar-refractivity contribution is -0.137. The molecule has 0 aliphatic rings. The first kappa shape index (κ1) is 17.8. The van der Waals surface area contributed by atoms with Crippen molar-refractivity contribution in [3.05, 3.63) is 78.0 Å². The van der Waals surface area contributed by atoms with Gasteiger partial charge in [0.2, 0.25) is 5.95 Å². The number of nitrogens with one attached hydrogen (secondary N) is 1. The highest BCUT2D eigenvalue weighted by Gasteiger charge is 2.31. The minimum atomic E-state index is -4.49. The maximum Gasteiger partial charge on any atom is 0.416 e. The minimum absolute atomic E-state index is 0.111. The van der Waals surface area contributed by atoms with Crippen LogP contribution in [0.4, 0.5) is 19.1 Å². The smallest absolute Gasteiger partial charge is 0.416 e. The van der Waals surface area contributed by atoms with Gasteiger partial charge in [-0.2, -0.15) is 13.2 Å². The van der Waals surface area contributed by atoms with Crippen LogP contribution < -0.4 is 5.32 Å². The monoisotopic (exact) mass is 386 g/mol. The molecule has 0 unspecified atom stereocenters. The molecule has 3 aromatic heterocycles. The molecule has 0 atom stereocenters. The summed E-state index contributed by atoms with van der Waals surface area (Å²) in [6.45, 7) is 0.192. The number of carbonyl (C=O) groups is 1. The van der Waals surface area contributed by atoms with E-state index in [-0.39, 0.29) is 18.0 Å². The number of anilines is 1. The number of halogens is 3. The van der Waals surface area contributed by atoms with E-state index in [0.717, 1.165) is 12.1 Å². The lowest BCUT2D eigenvalue weighted by atomic mass is 10.2. The second kappa shape index (κ2) is 6.84. The van der Waals surface area contributed by atoms with Gasteiger partial charge in [-0.3, -0.25) is 15.1 Å². The average molecular weight is 386 g/mol. The van der Waals surface area contributed by atoms with E-state index >= 15 is 0 Å². The standard InChI is InChI=1S/C19H13F3N4O2/c20-19(21,22)13-5-6-16-15(9-13)24-18(26(16)11-14-4-2-8-28-14)25-17(27)12-3-1-7-23-10-12/h1-10H,11H2,(H,24,25,27). The van der Waals surface area contributed by atoms with Gasteiger partial charge in [-0.15, -0.1) is 0 Å². The normalized spacial score (nSPS) is 11.7. The third kappa shape index (κ3) is 3.46. The fraction of sp³-hybridized carbons (Fsp3) is 0.105. The van der Waals surface area contributed by atoms with E-state index in [2.05, 4.69) is 15.3 Å². The van der Waals surface area contributed by atoms with Gasteiger partial charge < -0.3 is 8.98 Å². The topological polar surface area (TPSA) is 73.0 Å². The van der Waals surface area contributed by atoms with Gasteiger partial charge in [0.15, 0.2) is 0 Å². The van der Waals surface area contributed by atoms with E-state index in [1.165, 1.54) is 24.7 Å². The number of benzene rings is 1. The maximum absolute atomic E-state index is 13.0. The van der Waals surface area contributed by atoms with E-state index in [1.807, 2.05) is 0 Å². The Morgan fingerprint density at radius 3 is 2.71 bits per heavy atom. The molecule has 0 aliphatic heterocycles. The van der Waals surface area contributed by atoms with Crippen LogP contribution in [0.3, 0.4) is 0 Å². The summed E-state index contributed by atoms with van der Waals surface area (Å²) < 4.78 is 46.0. The number of amides is 1. The summed E-state index contributed by atoms with van der Waals surface area (Å²) in [5.41, 5.74) is 0.0385. The molecule has 0 saturated heterocycles. The van der Waals surface area contributed by atoms with Gasteiger partial charge in [0.1, 0.15) is 5.76 Å². The Bertz CT molecular complexity index is 1120. The van der Waals surface area contributed by atoms with Crippen LogP contribution in [-0.4, -0.2) is 20.4 Å². The average Bonchev–Trinajstić information content (AvgIpc) is 3.30. The lowest BCUT2D eigenvalue weighted by Crippen LogP contribution is -2.16. The first-order chi connectivity index (χ1) is 13.4. The molecule has 1 aromatic carbocycles. The SMILES string of the molecule is O=C(Nc1nc2cc(C(F)(F)F)ccc2n1Cc1ccco1)c1cccnc1. The van der Waals surface area contributed by atoms with Crippen molar-refractivity contribution >= 4 is 22.9 Å². The molecule has 6 nitrogen and oxygen atoms in total. The fourth-order valence-electron chi connectivity index (χ4n) is 2.79. The van der Waals surface area contributed by atoms with Gasteiger partial charge in [-0.25, -0.2) is 4.98 Å². The van der Waals surface area contributed by atoms with Crippen molar-refractivity contribution in [3.63, 3.8) is 0 Å². The molecule has 0 fully saturated rings. The predicted octanol–water partition coefficient (Wildman–Crippen LogP) is 4.34. The van der Waals surface area contributed by atoms with Crippen molar-refractivity contribution in [3.8, 4) is 0 Å². The number of carbonyl (C=O) groups excluding carboxylic acids is 1. The Morgan fingerprint density at radius 1 is 1.18 bits per heavy atom. The molecule has 0 radical (unpaired) electrons. The second-order valence-electron chi connectivity index (χ2n) is 6.00. The Balaban J connectivity index is 1.77. The van der Waals surface area contributed by atoms with Gasteiger partial charge in [0, 0.05) is 12.4 Å². The number of alkyl halides is 3. The molecule has 0 spiro atoms. The zero-order valence-corrected chi connectivity index (χ0v) is 14.3. The summed E-state index contributed by atoms with van der Waals surface area (Å²) >= 11 is 0. The van der Waals surface area contributed by atoms with E-state index in [1.54, 1.807) is 28.8 Å². The molecule has 4 rings (SSSR count). The van der Waals surface area contributed by atoms with E-state index in [4.69, 9.17) is 4.42 Å². The first-order valence-electron chi connectivity index (χ1n) is 8.23. The van der Waals surface area contributed by atoms with Crippen LogP contribution in [0.2, 0.25) is 0 Å². The van der Waals surface area contributed by atoms with Crippen LogP contribution in [0.5, 0.6) is 0 Å². The van der Waals surface area contributed by atoms with Crippen molar-refractivity contribution in [2.45, 2.75) is 12.7 Å². The van der Waals surface area contributed by atoms with Gasteiger partial charge >= 0.3 is 6.18 Å². The number of furan rings is 1. The van der Waals surface area contributed by atoms with Gasteiger partial charge in [-0.1, -0.05) is 0 Å². The highest BCUT2D eigenvalue weighted by Crippen LogP contribution is 2.32. The molecule has 0 aliphatic carbocycles. The van der Waals surface area contributed by atoms with Crippen molar-refractivity contribution in [2.24, 2.45) is 0 Å². The van der Waals surface area contributed by atoms with Gasteiger partial charge in [-0.05, 0) is 42.5 Å². The third-order valence-corrected chi connectivity index (χ3v) is 4.12. The highest BCUT2D eigenvalue weighted by atomic mass is 19.4. The van der Waals surface area contributed by atoms with Gasteiger partial charge in [0.25, 0.3) is 5.91 Å². The van der Waals surface area contributed by atoms with Crippen LogP contribution >= 0.6 is 0 Å². The van der Waals surface area contributed by atoms with Crippen molar-refractivity contribution in [2.75, 3.05) is 5.32 Å². The highest BCUT2D eigenvalue weighted by molar-refractivity contribution is 6.03. The summed E-state index contributed by atoms with van der Waals surface area (Å²) in [4.78, 5) is 20.5. The van der Waals surface area contributed by atoms with Crippen molar-refractivity contribution in [1.82, 2.24) is 14.5 Å². The fourth-order valence-corrected chi connectivity index (χ4v) is 2.79. The molecule has 0 bridgehead atoms. The van der Waals surface area contributed by atoms with Crippen LogP contribution in [-0.2, 0) is 12.7 Å². The van der Waals surface area contributed by atoms with E-state index in [0.29, 0.717) is 16.8 Å². The zero-order valence-electron chi connectivity index (χ0n) is 14.3. The van der Waals surface area contributed by atoms with Crippen molar-refractivity contribution < 1.29 is 22.4 Å². The number of imidazole rings is 1. The molecule has 0 saturated carbocycles. The Hall–Kier alpha value is -3.62. The van der Waals surface area contributed by atoms with Crippen LogP contribution in [0.1, 0.15) is 21.7 Å². The summed E-state index contributed by atoms with van der Waals surface area (Å²) in [7, 11) is 0. The van der Waals surface area contributed by atoms with Gasteiger partial charge in [0.05, 0.1) is 35.0 Å². The Morgan fingerprint density at radius 2 is 2.04 bits per heavy atom. The molecular weight excluding hydrogens is 373 g/mol. The van der Waals surface area contributed by atoms with Crippen molar-refractivity contribution in [1.29, 1.82) is 0 Å². The Labute approximate surface area is 156 Å². The molecule has 9 heteroatoms. The number of hydrogen-bond acceptors (Lipinski definition) is 4. The predicted molar refractivity (Wildman–Crippen MR) is 94.7 cm³/mol. The number of pyridine rings is 1. The number of aromatic nitrogens is 3. The number of rotatable bonds is 4. The number of hydrogen-bond donors (Lipinski definition) is 1. The summed E-state index contributed by atoms with van der Waals surface area (Å²) in [6.07, 6.45) is -0.0829. The lowest BCUT2D eigenvalue weighted by Gasteiger charge is -2.09. The minimum Gasteiger partial charge on any atom is -0.467 e. The molecule has 3 heterocycles. The first-order valence-corrected chi connectivity index (χ1v) is 8.23. The van der Waals surface area contributed by atoms with Crippen LogP contribution in [0.15, 0.2) is 65.5 Å². The molecule has 142 valence electrons. The van der Waals surface area contributed by atoms with Crippen LogP contribution in [0.25, 0.3) is 11.0 Å². The van der Waals surface area contributed by atoms with E-state index in [9.17, 15) is 18.0 Å².